The monoisotopic (exact) mass is 412 g/mol. The number of H-pyrrole nitrogens is 1. The zero-order valence-corrected chi connectivity index (χ0v) is 15.7. The molecule has 0 spiro atoms. The Morgan fingerprint density at radius 3 is 2.34 bits per heavy atom. The van der Waals surface area contributed by atoms with Crippen molar-refractivity contribution in [3.8, 4) is 0 Å². The van der Waals surface area contributed by atoms with Crippen molar-refractivity contribution >= 4 is 29.7 Å². The smallest absolute Gasteiger partial charge is 0.322 e. The summed E-state index contributed by atoms with van der Waals surface area (Å²) < 4.78 is 0. The summed E-state index contributed by atoms with van der Waals surface area (Å²) in [6.45, 7) is 0.690. The lowest BCUT2D eigenvalue weighted by atomic mass is 10.1. The molecule has 3 amide bonds. The van der Waals surface area contributed by atoms with Gasteiger partial charge in [0, 0.05) is 24.7 Å². The molecule has 29 heavy (non-hydrogen) atoms. The number of amides is 3. The number of aromatic amines is 1. The molecular formula is C16H24N6O7. The van der Waals surface area contributed by atoms with E-state index in [-0.39, 0.29) is 12.8 Å². The van der Waals surface area contributed by atoms with Gasteiger partial charge in [-0.05, 0) is 13.3 Å². The van der Waals surface area contributed by atoms with Crippen LogP contribution in [0, 0.1) is 0 Å². The van der Waals surface area contributed by atoms with E-state index in [0.717, 1.165) is 0 Å². The summed E-state index contributed by atoms with van der Waals surface area (Å²) in [5.41, 5.74) is 6.40. The van der Waals surface area contributed by atoms with Crippen LogP contribution in [0.25, 0.3) is 0 Å². The number of aromatic nitrogens is 2. The summed E-state index contributed by atoms with van der Waals surface area (Å²) in [4.78, 5) is 64.4. The van der Waals surface area contributed by atoms with E-state index in [9.17, 15) is 24.0 Å². The lowest BCUT2D eigenvalue weighted by Gasteiger charge is -2.22. The molecule has 1 aromatic heterocycles. The number of carbonyl (C=O) groups is 5. The normalized spacial score (nSPS) is 13.6. The van der Waals surface area contributed by atoms with Gasteiger partial charge >= 0.3 is 11.9 Å². The molecule has 8 N–H and O–H groups in total. The predicted molar refractivity (Wildman–Crippen MR) is 97.3 cm³/mol. The van der Waals surface area contributed by atoms with E-state index < -0.39 is 60.8 Å². The minimum atomic E-state index is -1.25. The Kier molecular flexibility index (Phi) is 9.25. The number of hydrogen-bond acceptors (Lipinski definition) is 7. The first kappa shape index (κ1) is 23.6. The minimum Gasteiger partial charge on any atom is -0.481 e. The molecule has 0 saturated heterocycles. The Labute approximate surface area is 165 Å². The van der Waals surface area contributed by atoms with Gasteiger partial charge in [-0.2, -0.15) is 0 Å². The van der Waals surface area contributed by atoms with Gasteiger partial charge in [0.2, 0.25) is 17.7 Å². The lowest BCUT2D eigenvalue weighted by Crippen LogP contribution is -2.55. The summed E-state index contributed by atoms with van der Waals surface area (Å²) in [7, 11) is 0. The van der Waals surface area contributed by atoms with Gasteiger partial charge in [-0.1, -0.05) is 0 Å². The van der Waals surface area contributed by atoms with Crippen LogP contribution in [-0.4, -0.2) is 74.5 Å². The van der Waals surface area contributed by atoms with Gasteiger partial charge in [-0.15, -0.1) is 0 Å². The number of aliphatic carboxylic acids is 2. The number of carboxylic acids is 2. The molecule has 3 atom stereocenters. The molecule has 13 heteroatoms. The maximum absolute atomic E-state index is 12.4. The fourth-order valence-electron chi connectivity index (χ4n) is 2.24. The zero-order valence-electron chi connectivity index (χ0n) is 15.7. The van der Waals surface area contributed by atoms with E-state index in [1.165, 1.54) is 19.4 Å². The topological polar surface area (TPSA) is 217 Å². The summed E-state index contributed by atoms with van der Waals surface area (Å²) in [5, 5.41) is 24.2. The second-order valence-electron chi connectivity index (χ2n) is 6.22. The Balaban J connectivity index is 2.70. The van der Waals surface area contributed by atoms with E-state index in [0.29, 0.717) is 5.69 Å². The highest BCUT2D eigenvalue weighted by atomic mass is 16.4. The molecule has 0 aliphatic carbocycles. The van der Waals surface area contributed by atoms with Crippen LogP contribution in [0.1, 0.15) is 25.5 Å². The van der Waals surface area contributed by atoms with Gasteiger partial charge in [-0.25, -0.2) is 4.98 Å². The highest BCUT2D eigenvalue weighted by molar-refractivity contribution is 5.93. The molecule has 1 aromatic rings. The number of rotatable bonds is 12. The van der Waals surface area contributed by atoms with Crippen molar-refractivity contribution < 1.29 is 34.2 Å². The lowest BCUT2D eigenvalue weighted by molar-refractivity contribution is -0.138. The van der Waals surface area contributed by atoms with Crippen LogP contribution in [0.3, 0.4) is 0 Å². The van der Waals surface area contributed by atoms with Gasteiger partial charge in [0.15, 0.2) is 0 Å². The Bertz CT molecular complexity index is 736. The van der Waals surface area contributed by atoms with Crippen molar-refractivity contribution in [3.05, 3.63) is 18.2 Å². The van der Waals surface area contributed by atoms with Gasteiger partial charge in [0.05, 0.1) is 12.4 Å². The molecular weight excluding hydrogens is 388 g/mol. The van der Waals surface area contributed by atoms with Crippen molar-refractivity contribution in [2.75, 3.05) is 6.54 Å². The molecule has 0 aromatic carbocycles. The minimum absolute atomic E-state index is 0.118. The van der Waals surface area contributed by atoms with E-state index in [4.69, 9.17) is 15.9 Å². The highest BCUT2D eigenvalue weighted by Crippen LogP contribution is 2.02. The molecule has 13 nitrogen and oxygen atoms in total. The molecule has 0 aliphatic rings. The maximum Gasteiger partial charge on any atom is 0.322 e. The third-order valence-electron chi connectivity index (χ3n) is 3.78. The maximum atomic E-state index is 12.4. The predicted octanol–water partition coefficient (Wildman–Crippen LogP) is -2.67. The van der Waals surface area contributed by atoms with Gasteiger partial charge in [-0.3, -0.25) is 24.0 Å². The Morgan fingerprint density at radius 1 is 1.10 bits per heavy atom. The molecule has 3 unspecified atom stereocenters. The number of nitrogens with two attached hydrogens (primary N) is 1. The molecule has 0 fully saturated rings. The van der Waals surface area contributed by atoms with Crippen LogP contribution in [-0.2, 0) is 30.4 Å². The Hall–Kier alpha value is -3.48. The first-order chi connectivity index (χ1) is 13.6. The summed E-state index contributed by atoms with van der Waals surface area (Å²) in [6, 6.07) is -3.38. The van der Waals surface area contributed by atoms with Crippen LogP contribution >= 0.6 is 0 Å². The zero-order chi connectivity index (χ0) is 22.0. The van der Waals surface area contributed by atoms with Crippen LogP contribution in [0.15, 0.2) is 12.5 Å². The fourth-order valence-corrected chi connectivity index (χ4v) is 2.24. The van der Waals surface area contributed by atoms with Crippen molar-refractivity contribution in [2.45, 2.75) is 44.3 Å². The molecule has 0 radical (unpaired) electrons. The SMILES string of the molecule is CC(NC(=O)C(CCC(=O)O)NC(=O)C(N)Cc1cnc[nH]1)C(=O)NCC(=O)O. The van der Waals surface area contributed by atoms with Gasteiger partial charge in [0.1, 0.15) is 18.6 Å². The third-order valence-corrected chi connectivity index (χ3v) is 3.78. The highest BCUT2D eigenvalue weighted by Gasteiger charge is 2.27. The first-order valence-corrected chi connectivity index (χ1v) is 8.65. The second kappa shape index (κ2) is 11.4. The molecule has 1 rings (SSSR count). The number of hydrogen-bond donors (Lipinski definition) is 7. The molecule has 0 bridgehead atoms. The van der Waals surface area contributed by atoms with Crippen LogP contribution in [0.2, 0.25) is 0 Å². The van der Waals surface area contributed by atoms with Crippen molar-refractivity contribution in [1.29, 1.82) is 0 Å². The Morgan fingerprint density at radius 2 is 1.79 bits per heavy atom. The molecule has 1 heterocycles. The third kappa shape index (κ3) is 8.83. The van der Waals surface area contributed by atoms with Crippen LogP contribution in [0.5, 0.6) is 0 Å². The largest absolute Gasteiger partial charge is 0.481 e. The number of nitrogens with one attached hydrogen (secondary N) is 4. The number of carbonyl (C=O) groups excluding carboxylic acids is 3. The van der Waals surface area contributed by atoms with E-state index in [1.54, 1.807) is 0 Å². The van der Waals surface area contributed by atoms with Crippen LogP contribution < -0.4 is 21.7 Å². The van der Waals surface area contributed by atoms with E-state index >= 15 is 0 Å². The average Bonchev–Trinajstić information content (AvgIpc) is 3.15. The summed E-state index contributed by atoms with van der Waals surface area (Å²) in [5.74, 6) is -4.67. The fraction of sp³-hybridized carbons (Fsp3) is 0.500. The molecule has 160 valence electrons. The first-order valence-electron chi connectivity index (χ1n) is 8.65. The number of imidazole rings is 1. The molecule has 0 saturated carbocycles. The number of nitrogens with zero attached hydrogens (tertiary/aromatic N) is 1. The van der Waals surface area contributed by atoms with Gasteiger partial charge in [0.25, 0.3) is 0 Å². The van der Waals surface area contributed by atoms with Crippen LogP contribution in [0.4, 0.5) is 0 Å². The van der Waals surface area contributed by atoms with Crippen molar-refractivity contribution in [2.24, 2.45) is 5.73 Å². The second-order valence-corrected chi connectivity index (χ2v) is 6.22. The number of carboxylic acid groups (broad SMARTS) is 2. The van der Waals surface area contributed by atoms with E-state index in [1.807, 2.05) is 0 Å². The van der Waals surface area contributed by atoms with E-state index in [2.05, 4.69) is 25.9 Å². The summed E-state index contributed by atoms with van der Waals surface area (Å²) >= 11 is 0. The summed E-state index contributed by atoms with van der Waals surface area (Å²) in [6.07, 6.45) is 2.38. The standard InChI is InChI=1S/C16H24N6O7/c1-8(14(27)19-6-13(25)26)21-16(29)11(2-3-12(23)24)22-15(28)10(17)4-9-5-18-7-20-9/h5,7-8,10-11H,2-4,6,17H2,1H3,(H,18,20)(H,19,27)(H,21,29)(H,22,28)(H,23,24)(H,25,26). The van der Waals surface area contributed by atoms with Crippen molar-refractivity contribution in [3.63, 3.8) is 0 Å². The van der Waals surface area contributed by atoms with Gasteiger partial charge < -0.3 is 36.9 Å². The van der Waals surface area contributed by atoms with Crippen molar-refractivity contribution in [1.82, 2.24) is 25.9 Å². The quantitative estimate of drug-likeness (QED) is 0.190. The molecule has 0 aliphatic heterocycles. The average molecular weight is 412 g/mol.